The molecule has 1 atom stereocenters. The van der Waals surface area contributed by atoms with Crippen LogP contribution in [0.4, 0.5) is 4.79 Å². The van der Waals surface area contributed by atoms with E-state index in [2.05, 4.69) is 38.9 Å². The first-order chi connectivity index (χ1) is 16.8. The number of carbonyl (C=O) groups is 1. The van der Waals surface area contributed by atoms with Crippen LogP contribution in [0.5, 0.6) is 0 Å². The van der Waals surface area contributed by atoms with E-state index in [0.29, 0.717) is 46.1 Å². The summed E-state index contributed by atoms with van der Waals surface area (Å²) in [5.74, 6) is 0.187. The van der Waals surface area contributed by atoms with Crippen LogP contribution in [0.2, 0.25) is 18.1 Å². The molecular formula is C27H53N3O5Si. The molecular weight excluding hydrogens is 474 g/mol. The lowest BCUT2D eigenvalue weighted by Crippen LogP contribution is -2.47. The van der Waals surface area contributed by atoms with Gasteiger partial charge in [-0.3, -0.25) is 5.01 Å². The zero-order valence-electron chi connectivity index (χ0n) is 24.4. The number of nitrogens with zero attached hydrogens (tertiary/aromatic N) is 3. The first-order valence-corrected chi connectivity index (χ1v) is 16.8. The number of ether oxygens (including phenoxy) is 3. The molecule has 0 spiro atoms. The van der Waals surface area contributed by atoms with Gasteiger partial charge in [0.15, 0.2) is 8.32 Å². The van der Waals surface area contributed by atoms with Crippen molar-refractivity contribution in [2.45, 2.75) is 97.4 Å². The molecule has 2 heterocycles. The van der Waals surface area contributed by atoms with E-state index < -0.39 is 13.9 Å². The summed E-state index contributed by atoms with van der Waals surface area (Å²) in [4.78, 5) is 14.5. The number of hydrazone groups is 1. The van der Waals surface area contributed by atoms with Gasteiger partial charge in [-0.1, -0.05) is 20.8 Å². The van der Waals surface area contributed by atoms with Gasteiger partial charge in [0.2, 0.25) is 0 Å². The van der Waals surface area contributed by atoms with Crippen molar-refractivity contribution in [1.82, 2.24) is 9.91 Å². The molecule has 0 saturated carbocycles. The molecule has 0 aromatic rings. The summed E-state index contributed by atoms with van der Waals surface area (Å²) >= 11 is 0. The second kappa shape index (κ2) is 14.1. The van der Waals surface area contributed by atoms with Gasteiger partial charge in [-0.15, -0.1) is 0 Å². The van der Waals surface area contributed by atoms with Gasteiger partial charge in [0, 0.05) is 50.8 Å². The summed E-state index contributed by atoms with van der Waals surface area (Å²) in [7, 11) is -1.72. The topological polar surface area (TPSA) is 72.8 Å². The fraction of sp³-hybridized carbons (Fsp3) is 0.926. The highest BCUT2D eigenvalue weighted by Crippen LogP contribution is 2.36. The summed E-state index contributed by atoms with van der Waals surface area (Å²) < 4.78 is 23.4. The van der Waals surface area contributed by atoms with Crippen molar-refractivity contribution in [3.63, 3.8) is 0 Å². The largest absolute Gasteiger partial charge is 0.444 e. The zero-order chi connectivity index (χ0) is 26.8. The Kier molecular flexibility index (Phi) is 12.2. The lowest BCUT2D eigenvalue weighted by Gasteiger charge is -2.36. The third-order valence-corrected chi connectivity index (χ3v) is 11.8. The van der Waals surface area contributed by atoms with Crippen LogP contribution in [-0.2, 0) is 18.6 Å². The molecule has 0 aromatic carbocycles. The Hall–Kier alpha value is -1.16. The van der Waals surface area contributed by atoms with Crippen LogP contribution in [0.25, 0.3) is 0 Å². The number of carbonyl (C=O) groups excluding carboxylic acids is 1. The molecule has 0 aromatic heterocycles. The molecule has 0 bridgehead atoms. The fourth-order valence-electron chi connectivity index (χ4n) is 4.08. The maximum absolute atomic E-state index is 12.7. The monoisotopic (exact) mass is 527 g/mol. The summed E-state index contributed by atoms with van der Waals surface area (Å²) in [5.41, 5.74) is 0.701. The lowest BCUT2D eigenvalue weighted by atomic mass is 9.93. The first kappa shape index (κ1) is 31.1. The highest BCUT2D eigenvalue weighted by Gasteiger charge is 2.37. The molecule has 1 unspecified atom stereocenters. The molecule has 2 fully saturated rings. The number of hydrogen-bond acceptors (Lipinski definition) is 7. The van der Waals surface area contributed by atoms with Crippen LogP contribution < -0.4 is 0 Å². The highest BCUT2D eigenvalue weighted by atomic mass is 28.4. The summed E-state index contributed by atoms with van der Waals surface area (Å²) in [6, 6.07) is 0. The molecule has 1 amide bonds. The van der Waals surface area contributed by atoms with Crippen molar-refractivity contribution >= 4 is 20.1 Å². The Morgan fingerprint density at radius 2 is 1.53 bits per heavy atom. The smallest absolute Gasteiger partial charge is 0.410 e. The van der Waals surface area contributed by atoms with Gasteiger partial charge in [0.05, 0.1) is 26.4 Å². The molecule has 2 aliphatic rings. The normalized spacial score (nSPS) is 21.2. The second-order valence-electron chi connectivity index (χ2n) is 12.6. The molecule has 2 saturated heterocycles. The number of rotatable bonds is 11. The van der Waals surface area contributed by atoms with Crippen molar-refractivity contribution in [3.8, 4) is 0 Å². The van der Waals surface area contributed by atoms with Gasteiger partial charge in [-0.2, -0.15) is 5.10 Å². The molecule has 2 rings (SSSR count). The summed E-state index contributed by atoms with van der Waals surface area (Å²) in [5, 5.41) is 7.44. The minimum atomic E-state index is -1.72. The molecule has 0 aliphatic carbocycles. The van der Waals surface area contributed by atoms with Gasteiger partial charge in [-0.25, -0.2) is 4.79 Å². The predicted octanol–water partition coefficient (Wildman–Crippen LogP) is 5.53. The minimum Gasteiger partial charge on any atom is -0.444 e. The van der Waals surface area contributed by atoms with Crippen LogP contribution in [0, 0.1) is 5.92 Å². The van der Waals surface area contributed by atoms with Crippen LogP contribution in [0.1, 0.15) is 73.6 Å². The molecule has 0 N–H and O–H groups in total. The Labute approximate surface area is 221 Å². The van der Waals surface area contributed by atoms with E-state index in [-0.39, 0.29) is 17.0 Å². The van der Waals surface area contributed by atoms with Crippen molar-refractivity contribution in [2.24, 2.45) is 11.0 Å². The third-order valence-electron chi connectivity index (χ3n) is 7.28. The quantitative estimate of drug-likeness (QED) is 0.260. The zero-order valence-corrected chi connectivity index (χ0v) is 25.4. The van der Waals surface area contributed by atoms with Gasteiger partial charge >= 0.3 is 6.09 Å². The van der Waals surface area contributed by atoms with Crippen LogP contribution in [-0.4, -0.2) is 94.8 Å². The number of piperidine rings is 2. The fourth-order valence-corrected chi connectivity index (χ4v) is 5.10. The van der Waals surface area contributed by atoms with E-state index in [0.717, 1.165) is 25.9 Å². The molecule has 0 radical (unpaired) electrons. The SMILES string of the molecule is CC(C)(C)OC(=O)N1CC/C(=N\N2CCCCC2)C(CCOCCOCCO[Si](C)(C)C(C)(C)C)C1. The molecule has 210 valence electrons. The van der Waals surface area contributed by atoms with E-state index >= 15 is 0 Å². The average molecular weight is 528 g/mol. The number of likely N-dealkylation sites (tertiary alicyclic amines) is 1. The Bertz CT molecular complexity index is 697. The van der Waals surface area contributed by atoms with Crippen molar-refractivity contribution in [2.75, 3.05) is 59.2 Å². The van der Waals surface area contributed by atoms with Crippen LogP contribution >= 0.6 is 0 Å². The van der Waals surface area contributed by atoms with Crippen molar-refractivity contribution in [1.29, 1.82) is 0 Å². The number of hydrogen-bond donors (Lipinski definition) is 0. The molecule has 36 heavy (non-hydrogen) atoms. The second-order valence-corrected chi connectivity index (χ2v) is 17.4. The summed E-state index contributed by atoms with van der Waals surface area (Å²) in [6.07, 6.45) is 5.08. The van der Waals surface area contributed by atoms with E-state index in [9.17, 15) is 4.79 Å². The van der Waals surface area contributed by atoms with Crippen molar-refractivity contribution < 1.29 is 23.4 Å². The maximum Gasteiger partial charge on any atom is 0.410 e. The first-order valence-electron chi connectivity index (χ1n) is 13.9. The maximum atomic E-state index is 12.7. The van der Waals surface area contributed by atoms with Gasteiger partial charge < -0.3 is 23.5 Å². The predicted molar refractivity (Wildman–Crippen MR) is 148 cm³/mol. The van der Waals surface area contributed by atoms with E-state index in [4.69, 9.17) is 23.7 Å². The Balaban J connectivity index is 1.76. The molecule has 8 nitrogen and oxygen atoms in total. The van der Waals surface area contributed by atoms with E-state index in [1.807, 2.05) is 25.7 Å². The lowest BCUT2D eigenvalue weighted by molar-refractivity contribution is 0.0180. The summed E-state index contributed by atoms with van der Waals surface area (Å²) in [6.45, 7) is 23.3. The Morgan fingerprint density at radius 1 is 0.917 bits per heavy atom. The molecule has 2 aliphatic heterocycles. The third kappa shape index (κ3) is 11.1. The van der Waals surface area contributed by atoms with Gasteiger partial charge in [-0.05, 0) is 64.6 Å². The Morgan fingerprint density at radius 3 is 2.14 bits per heavy atom. The molecule has 9 heteroatoms. The van der Waals surface area contributed by atoms with Crippen LogP contribution in [0.3, 0.4) is 0 Å². The standard InChI is InChI=1S/C27H53N3O5Si/c1-26(2,3)35-25(31)29-16-12-24(28-30-14-10-9-11-15-30)23(22-29)13-17-32-18-19-33-20-21-34-36(7,8)27(4,5)6/h23H,9-22H2,1-8H3/b28-24+. The van der Waals surface area contributed by atoms with Crippen molar-refractivity contribution in [3.05, 3.63) is 0 Å². The highest BCUT2D eigenvalue weighted by molar-refractivity contribution is 6.74. The van der Waals surface area contributed by atoms with E-state index in [1.54, 1.807) is 0 Å². The van der Waals surface area contributed by atoms with Gasteiger partial charge in [0.1, 0.15) is 5.60 Å². The van der Waals surface area contributed by atoms with Gasteiger partial charge in [0.25, 0.3) is 0 Å². The van der Waals surface area contributed by atoms with E-state index in [1.165, 1.54) is 25.0 Å². The van der Waals surface area contributed by atoms with Crippen LogP contribution in [0.15, 0.2) is 5.10 Å². The minimum absolute atomic E-state index is 0.187. The average Bonchev–Trinajstić information content (AvgIpc) is 2.77. The number of amides is 1.